The van der Waals surface area contributed by atoms with Gasteiger partial charge in [0.1, 0.15) is 0 Å². The van der Waals surface area contributed by atoms with Gasteiger partial charge in [0.2, 0.25) is 0 Å². The van der Waals surface area contributed by atoms with Crippen molar-refractivity contribution in [1.82, 2.24) is 5.32 Å². The van der Waals surface area contributed by atoms with Crippen molar-refractivity contribution < 1.29 is 0 Å². The van der Waals surface area contributed by atoms with Gasteiger partial charge in [0.05, 0.1) is 0 Å². The van der Waals surface area contributed by atoms with Crippen LogP contribution in [0.5, 0.6) is 0 Å². The molecule has 0 saturated heterocycles. The summed E-state index contributed by atoms with van der Waals surface area (Å²) in [5, 5.41) is 3.49. The summed E-state index contributed by atoms with van der Waals surface area (Å²) in [5.74, 6) is 0. The molecule has 0 aliphatic heterocycles. The Balaban J connectivity index is 2.85. The minimum atomic E-state index is 1.20. The average Bonchev–Trinajstić information content (AvgIpc) is 2.31. The Bertz CT molecular complexity index is 131. The summed E-state index contributed by atoms with van der Waals surface area (Å²) in [7, 11) is 0. The van der Waals surface area contributed by atoms with Gasteiger partial charge in [0.15, 0.2) is 0 Å². The zero-order valence-electron chi connectivity index (χ0n) is 11.3. The second kappa shape index (κ2) is 14.7. The zero-order valence-corrected chi connectivity index (χ0v) is 11.3. The quantitative estimate of drug-likeness (QED) is 0.354. The molecule has 0 amide bonds. The van der Waals surface area contributed by atoms with Crippen molar-refractivity contribution in [3.05, 3.63) is 12.7 Å². The first-order valence-corrected chi connectivity index (χ1v) is 7.23. The average molecular weight is 225 g/mol. The van der Waals surface area contributed by atoms with Gasteiger partial charge in [0, 0.05) is 0 Å². The maximum Gasteiger partial charge on any atom is -0.00489 e. The molecule has 0 aliphatic rings. The van der Waals surface area contributed by atoms with Crippen LogP contribution in [0.1, 0.15) is 71.1 Å². The van der Waals surface area contributed by atoms with Gasteiger partial charge < -0.3 is 5.32 Å². The molecule has 0 aromatic heterocycles. The molecule has 0 unspecified atom stereocenters. The van der Waals surface area contributed by atoms with Gasteiger partial charge in [-0.2, -0.15) is 0 Å². The number of allylic oxidation sites excluding steroid dienone is 1. The first kappa shape index (κ1) is 15.7. The second-order valence-electron chi connectivity index (χ2n) is 4.66. The van der Waals surface area contributed by atoms with Crippen molar-refractivity contribution in [2.45, 2.75) is 71.1 Å². The van der Waals surface area contributed by atoms with Crippen LogP contribution in [0.2, 0.25) is 0 Å². The highest BCUT2D eigenvalue weighted by molar-refractivity contribution is 4.65. The van der Waals surface area contributed by atoms with Crippen LogP contribution in [0.25, 0.3) is 0 Å². The molecule has 0 aliphatic carbocycles. The van der Waals surface area contributed by atoms with Crippen LogP contribution in [0.15, 0.2) is 12.7 Å². The minimum absolute atomic E-state index is 1.20. The highest BCUT2D eigenvalue weighted by Gasteiger charge is 1.91. The molecule has 0 saturated carbocycles. The van der Waals surface area contributed by atoms with E-state index in [1.165, 1.54) is 77.3 Å². The third-order valence-corrected chi connectivity index (χ3v) is 2.97. The van der Waals surface area contributed by atoms with Crippen LogP contribution in [0, 0.1) is 0 Å². The smallest absolute Gasteiger partial charge is 0.00489 e. The van der Waals surface area contributed by atoms with Gasteiger partial charge in [0.25, 0.3) is 0 Å². The van der Waals surface area contributed by atoms with Gasteiger partial charge in [-0.25, -0.2) is 0 Å². The number of rotatable bonds is 13. The fraction of sp³-hybridized carbons (Fsp3) is 0.867. The predicted octanol–water partition coefficient (Wildman–Crippen LogP) is 4.68. The van der Waals surface area contributed by atoms with Gasteiger partial charge in [-0.1, -0.05) is 51.5 Å². The van der Waals surface area contributed by atoms with E-state index in [1.54, 1.807) is 0 Å². The van der Waals surface area contributed by atoms with E-state index in [-0.39, 0.29) is 0 Å². The van der Waals surface area contributed by atoms with Crippen LogP contribution in [-0.4, -0.2) is 13.1 Å². The second-order valence-corrected chi connectivity index (χ2v) is 4.66. The molecule has 0 rings (SSSR count). The van der Waals surface area contributed by atoms with Crippen LogP contribution >= 0.6 is 0 Å². The van der Waals surface area contributed by atoms with Crippen molar-refractivity contribution >= 4 is 0 Å². The molecular weight excluding hydrogens is 194 g/mol. The maximum absolute atomic E-state index is 3.74. The Morgan fingerprint density at radius 1 is 0.812 bits per heavy atom. The maximum atomic E-state index is 3.74. The van der Waals surface area contributed by atoms with Crippen molar-refractivity contribution in [3.8, 4) is 0 Å². The topological polar surface area (TPSA) is 12.0 Å². The van der Waals surface area contributed by atoms with E-state index < -0.39 is 0 Å². The molecular formula is C15H31N. The van der Waals surface area contributed by atoms with E-state index in [4.69, 9.17) is 0 Å². The van der Waals surface area contributed by atoms with Gasteiger partial charge in [-0.05, 0) is 38.8 Å². The lowest BCUT2D eigenvalue weighted by atomic mass is 10.1. The third kappa shape index (κ3) is 13.7. The molecule has 1 heteroatoms. The summed E-state index contributed by atoms with van der Waals surface area (Å²) >= 11 is 0. The molecule has 0 fully saturated rings. The fourth-order valence-electron chi connectivity index (χ4n) is 1.85. The number of hydrogen-bond donors (Lipinski definition) is 1. The van der Waals surface area contributed by atoms with E-state index >= 15 is 0 Å². The van der Waals surface area contributed by atoms with E-state index in [1.807, 2.05) is 6.08 Å². The van der Waals surface area contributed by atoms with Crippen molar-refractivity contribution in [3.63, 3.8) is 0 Å². The lowest BCUT2D eigenvalue weighted by Crippen LogP contribution is -2.16. The standard InChI is InChI=1S/C15H31N/c1-3-5-7-8-9-10-11-12-13-15-16-14-6-4-2/h3,16H,1,4-15H2,2H3. The van der Waals surface area contributed by atoms with E-state index in [0.717, 1.165) is 0 Å². The van der Waals surface area contributed by atoms with Crippen molar-refractivity contribution in [2.24, 2.45) is 0 Å². The lowest BCUT2D eigenvalue weighted by Gasteiger charge is -2.03. The van der Waals surface area contributed by atoms with Crippen LogP contribution in [0.4, 0.5) is 0 Å². The van der Waals surface area contributed by atoms with E-state index in [0.29, 0.717) is 0 Å². The molecule has 1 nitrogen and oxygen atoms in total. The zero-order chi connectivity index (χ0) is 11.9. The highest BCUT2D eigenvalue weighted by atomic mass is 14.8. The SMILES string of the molecule is C=CCCCCCCCCCNCCCC. The Kier molecular flexibility index (Phi) is 14.4. The van der Waals surface area contributed by atoms with Gasteiger partial charge >= 0.3 is 0 Å². The van der Waals surface area contributed by atoms with Crippen molar-refractivity contribution in [1.29, 1.82) is 0 Å². The summed E-state index contributed by atoms with van der Waals surface area (Å²) in [5.41, 5.74) is 0. The number of unbranched alkanes of at least 4 members (excludes halogenated alkanes) is 8. The minimum Gasteiger partial charge on any atom is -0.317 e. The molecule has 0 bridgehead atoms. The Hall–Kier alpha value is -0.300. The van der Waals surface area contributed by atoms with Crippen LogP contribution < -0.4 is 5.32 Å². The Morgan fingerprint density at radius 2 is 1.38 bits per heavy atom. The summed E-state index contributed by atoms with van der Waals surface area (Å²) in [6, 6.07) is 0. The summed E-state index contributed by atoms with van der Waals surface area (Å²) < 4.78 is 0. The molecule has 0 aromatic rings. The molecule has 96 valence electrons. The Labute approximate surface area is 103 Å². The lowest BCUT2D eigenvalue weighted by molar-refractivity contribution is 0.552. The normalized spacial score (nSPS) is 10.6. The largest absolute Gasteiger partial charge is 0.317 e. The molecule has 0 aromatic carbocycles. The van der Waals surface area contributed by atoms with Gasteiger partial charge in [-0.3, -0.25) is 0 Å². The number of hydrogen-bond acceptors (Lipinski definition) is 1. The number of nitrogens with one attached hydrogen (secondary N) is 1. The molecule has 0 radical (unpaired) electrons. The molecule has 0 heterocycles. The molecule has 16 heavy (non-hydrogen) atoms. The first-order chi connectivity index (χ1) is 7.91. The van der Waals surface area contributed by atoms with E-state index in [2.05, 4.69) is 18.8 Å². The fourth-order valence-corrected chi connectivity index (χ4v) is 1.85. The Morgan fingerprint density at radius 3 is 2.00 bits per heavy atom. The van der Waals surface area contributed by atoms with Gasteiger partial charge in [-0.15, -0.1) is 6.58 Å². The summed E-state index contributed by atoms with van der Waals surface area (Å²) in [4.78, 5) is 0. The third-order valence-electron chi connectivity index (χ3n) is 2.97. The molecule has 0 atom stereocenters. The van der Waals surface area contributed by atoms with Crippen LogP contribution in [-0.2, 0) is 0 Å². The van der Waals surface area contributed by atoms with E-state index in [9.17, 15) is 0 Å². The molecule has 0 spiro atoms. The monoisotopic (exact) mass is 225 g/mol. The first-order valence-electron chi connectivity index (χ1n) is 7.23. The summed E-state index contributed by atoms with van der Waals surface area (Å²) in [6.45, 7) is 8.41. The van der Waals surface area contributed by atoms with Crippen LogP contribution in [0.3, 0.4) is 0 Å². The predicted molar refractivity (Wildman–Crippen MR) is 74.9 cm³/mol. The van der Waals surface area contributed by atoms with Crippen molar-refractivity contribution in [2.75, 3.05) is 13.1 Å². The highest BCUT2D eigenvalue weighted by Crippen LogP contribution is 2.08. The summed E-state index contributed by atoms with van der Waals surface area (Å²) in [6.07, 6.45) is 15.6. The molecule has 1 N–H and O–H groups in total.